The van der Waals surface area contributed by atoms with Gasteiger partial charge in [0.15, 0.2) is 11.6 Å². The van der Waals surface area contributed by atoms with Gasteiger partial charge < -0.3 is 20.9 Å². The summed E-state index contributed by atoms with van der Waals surface area (Å²) < 4.78 is 53.7. The third-order valence-electron chi connectivity index (χ3n) is 4.62. The average Bonchev–Trinajstić information content (AvgIpc) is 3.07. The lowest BCUT2D eigenvalue weighted by atomic mass is 10.1. The minimum Gasteiger partial charge on any atom is -0.370 e. The van der Waals surface area contributed by atoms with Crippen LogP contribution in [0.15, 0.2) is 18.2 Å². The summed E-state index contributed by atoms with van der Waals surface area (Å²) in [5.41, 5.74) is 9.64. The molecule has 1 aliphatic rings. The molecule has 0 aliphatic carbocycles. The zero-order chi connectivity index (χ0) is 21.3. The lowest BCUT2D eigenvalue weighted by molar-refractivity contribution is -0.140. The summed E-state index contributed by atoms with van der Waals surface area (Å²) in [4.78, 5) is 24.7. The molecule has 3 rings (SSSR count). The molecule has 0 spiro atoms. The number of benzene rings is 1. The van der Waals surface area contributed by atoms with Crippen molar-refractivity contribution in [2.45, 2.75) is 38.1 Å². The summed E-state index contributed by atoms with van der Waals surface area (Å²) in [6.45, 7) is 0.595. The van der Waals surface area contributed by atoms with E-state index in [0.717, 1.165) is 12.1 Å². The maximum absolute atomic E-state index is 13.9. The molecule has 2 heterocycles. The van der Waals surface area contributed by atoms with Crippen LogP contribution < -0.4 is 11.5 Å². The summed E-state index contributed by atoms with van der Waals surface area (Å²) in [6.07, 6.45) is -4.69. The van der Waals surface area contributed by atoms with Crippen molar-refractivity contribution in [1.29, 1.82) is 0 Å². The second-order valence-electron chi connectivity index (χ2n) is 6.66. The largest absolute Gasteiger partial charge is 0.419 e. The molecule has 1 aromatic carbocycles. The van der Waals surface area contributed by atoms with Gasteiger partial charge in [-0.15, -0.1) is 10.2 Å². The van der Waals surface area contributed by atoms with E-state index in [9.17, 15) is 27.2 Å². The molecule has 1 atom stereocenters. The molecule has 2 amide bonds. The number of carbonyl (C=O) groups is 2. The SMILES string of the molecule is NC(=O)CC[C@H](N)C(=O)N1CCn2c(nnc2-c2ccc(C(F)(F)F)c(F)c2)C1. The molecule has 156 valence electrons. The van der Waals surface area contributed by atoms with E-state index in [-0.39, 0.29) is 49.8 Å². The Morgan fingerprint density at radius 2 is 1.93 bits per heavy atom. The van der Waals surface area contributed by atoms with Crippen molar-refractivity contribution in [2.24, 2.45) is 11.5 Å². The Bertz CT molecular complexity index is 942. The topological polar surface area (TPSA) is 120 Å². The van der Waals surface area contributed by atoms with Gasteiger partial charge in [0.05, 0.1) is 18.2 Å². The first kappa shape index (κ1) is 20.7. The Labute approximate surface area is 162 Å². The van der Waals surface area contributed by atoms with Crippen molar-refractivity contribution >= 4 is 11.8 Å². The Morgan fingerprint density at radius 3 is 2.55 bits per heavy atom. The van der Waals surface area contributed by atoms with E-state index < -0.39 is 29.5 Å². The second kappa shape index (κ2) is 7.78. The number of hydrogen-bond donors (Lipinski definition) is 2. The van der Waals surface area contributed by atoms with Gasteiger partial charge in [-0.2, -0.15) is 13.2 Å². The van der Waals surface area contributed by atoms with Gasteiger partial charge in [-0.05, 0) is 18.6 Å². The molecular weight excluding hydrogens is 396 g/mol. The summed E-state index contributed by atoms with van der Waals surface area (Å²) >= 11 is 0. The van der Waals surface area contributed by atoms with Crippen LogP contribution in [-0.2, 0) is 28.9 Å². The third kappa shape index (κ3) is 4.36. The van der Waals surface area contributed by atoms with Crippen molar-refractivity contribution < 1.29 is 27.2 Å². The van der Waals surface area contributed by atoms with Gasteiger partial charge in [0.25, 0.3) is 0 Å². The van der Waals surface area contributed by atoms with E-state index in [1.807, 2.05) is 0 Å². The maximum atomic E-state index is 13.9. The van der Waals surface area contributed by atoms with E-state index in [1.54, 1.807) is 4.57 Å². The average molecular weight is 414 g/mol. The highest BCUT2D eigenvalue weighted by atomic mass is 19.4. The fourth-order valence-electron chi connectivity index (χ4n) is 3.10. The van der Waals surface area contributed by atoms with Crippen LogP contribution in [0.2, 0.25) is 0 Å². The van der Waals surface area contributed by atoms with E-state index in [0.29, 0.717) is 11.9 Å². The van der Waals surface area contributed by atoms with E-state index in [2.05, 4.69) is 10.2 Å². The summed E-state index contributed by atoms with van der Waals surface area (Å²) in [5.74, 6) is -1.73. The predicted molar refractivity (Wildman–Crippen MR) is 92.2 cm³/mol. The first-order chi connectivity index (χ1) is 13.6. The number of halogens is 4. The van der Waals surface area contributed by atoms with Crippen molar-refractivity contribution in [3.05, 3.63) is 35.4 Å². The molecule has 1 aromatic heterocycles. The molecule has 8 nitrogen and oxygen atoms in total. The van der Waals surface area contributed by atoms with Gasteiger partial charge in [-0.25, -0.2) is 4.39 Å². The molecule has 0 bridgehead atoms. The molecule has 0 saturated carbocycles. The zero-order valence-electron chi connectivity index (χ0n) is 15.1. The van der Waals surface area contributed by atoms with Crippen LogP contribution in [0.25, 0.3) is 11.4 Å². The standard InChI is InChI=1S/C17H18F4N6O2/c18-11-7-9(1-2-10(11)17(19,20)21)15-25-24-14-8-26(5-6-27(14)15)16(29)12(22)3-4-13(23)28/h1-2,7,12H,3-6,8,22H2,(H2,23,28)/t12-/m0/s1. The van der Waals surface area contributed by atoms with E-state index in [1.165, 1.54) is 4.90 Å². The number of rotatable bonds is 5. The van der Waals surface area contributed by atoms with Crippen molar-refractivity contribution in [3.8, 4) is 11.4 Å². The normalized spacial score (nSPS) is 15.1. The number of amides is 2. The molecule has 0 radical (unpaired) electrons. The molecule has 2 aromatic rings. The van der Waals surface area contributed by atoms with Crippen LogP contribution >= 0.6 is 0 Å². The lowest BCUT2D eigenvalue weighted by Crippen LogP contribution is -2.47. The lowest BCUT2D eigenvalue weighted by Gasteiger charge is -2.29. The van der Waals surface area contributed by atoms with Gasteiger partial charge in [0.2, 0.25) is 11.8 Å². The summed E-state index contributed by atoms with van der Waals surface area (Å²) in [7, 11) is 0. The first-order valence-corrected chi connectivity index (χ1v) is 8.69. The number of alkyl halides is 3. The van der Waals surface area contributed by atoms with Crippen LogP contribution in [0.4, 0.5) is 17.6 Å². The van der Waals surface area contributed by atoms with Crippen LogP contribution in [0, 0.1) is 5.82 Å². The van der Waals surface area contributed by atoms with E-state index >= 15 is 0 Å². The van der Waals surface area contributed by atoms with Crippen LogP contribution in [0.5, 0.6) is 0 Å². The molecule has 0 saturated heterocycles. The Balaban J connectivity index is 1.77. The number of aromatic nitrogens is 3. The third-order valence-corrected chi connectivity index (χ3v) is 4.62. The van der Waals surface area contributed by atoms with Crippen LogP contribution in [-0.4, -0.2) is 44.1 Å². The van der Waals surface area contributed by atoms with Crippen molar-refractivity contribution in [3.63, 3.8) is 0 Å². The predicted octanol–water partition coefficient (Wildman–Crippen LogP) is 1.04. The minimum atomic E-state index is -4.79. The number of hydrogen-bond acceptors (Lipinski definition) is 5. The van der Waals surface area contributed by atoms with Crippen molar-refractivity contribution in [1.82, 2.24) is 19.7 Å². The highest BCUT2D eigenvalue weighted by molar-refractivity contribution is 5.82. The minimum absolute atomic E-state index is 0.0133. The number of nitrogens with two attached hydrogens (primary N) is 2. The van der Waals surface area contributed by atoms with Crippen LogP contribution in [0.1, 0.15) is 24.2 Å². The summed E-state index contributed by atoms with van der Waals surface area (Å²) in [5, 5.41) is 7.89. The smallest absolute Gasteiger partial charge is 0.370 e. The molecule has 1 aliphatic heterocycles. The molecule has 29 heavy (non-hydrogen) atoms. The number of primary amides is 1. The number of fused-ring (bicyclic) bond motifs is 1. The monoisotopic (exact) mass is 414 g/mol. The highest BCUT2D eigenvalue weighted by Gasteiger charge is 2.34. The van der Waals surface area contributed by atoms with Crippen molar-refractivity contribution in [2.75, 3.05) is 6.54 Å². The fourth-order valence-corrected chi connectivity index (χ4v) is 3.10. The van der Waals surface area contributed by atoms with Gasteiger partial charge >= 0.3 is 6.18 Å². The fraction of sp³-hybridized carbons (Fsp3) is 0.412. The van der Waals surface area contributed by atoms with Gasteiger partial charge in [0, 0.05) is 25.1 Å². The quantitative estimate of drug-likeness (QED) is 0.709. The van der Waals surface area contributed by atoms with Gasteiger partial charge in [0.1, 0.15) is 5.82 Å². The molecule has 12 heteroatoms. The van der Waals surface area contributed by atoms with E-state index in [4.69, 9.17) is 11.5 Å². The molecule has 0 unspecified atom stereocenters. The highest BCUT2D eigenvalue weighted by Crippen LogP contribution is 2.33. The molecule has 0 fully saturated rings. The Hall–Kier alpha value is -3.02. The Kier molecular flexibility index (Phi) is 5.55. The van der Waals surface area contributed by atoms with Gasteiger partial charge in [-0.1, -0.05) is 6.07 Å². The number of nitrogens with zero attached hydrogens (tertiary/aromatic N) is 4. The van der Waals surface area contributed by atoms with Crippen LogP contribution in [0.3, 0.4) is 0 Å². The Morgan fingerprint density at radius 1 is 1.21 bits per heavy atom. The number of carbonyl (C=O) groups excluding carboxylic acids is 2. The molecule has 4 N–H and O–H groups in total. The first-order valence-electron chi connectivity index (χ1n) is 8.69. The maximum Gasteiger partial charge on any atom is 0.419 e. The zero-order valence-corrected chi connectivity index (χ0v) is 15.1. The summed E-state index contributed by atoms with van der Waals surface area (Å²) in [6, 6.07) is 1.65. The molecular formula is C17H18F4N6O2. The second-order valence-corrected chi connectivity index (χ2v) is 6.66. The van der Waals surface area contributed by atoms with Gasteiger partial charge in [-0.3, -0.25) is 9.59 Å².